The summed E-state index contributed by atoms with van der Waals surface area (Å²) in [4.78, 5) is 17.6. The molecule has 13 heavy (non-hydrogen) atoms. The van der Waals surface area contributed by atoms with E-state index in [0.29, 0.717) is 0 Å². The van der Waals surface area contributed by atoms with Crippen molar-refractivity contribution in [2.75, 3.05) is 0 Å². The number of hydrogen-bond acceptors (Lipinski definition) is 2. The van der Waals surface area contributed by atoms with Crippen molar-refractivity contribution in [2.45, 2.75) is 6.54 Å². The minimum atomic E-state index is -4.11. The van der Waals surface area contributed by atoms with Crippen molar-refractivity contribution in [2.24, 2.45) is 5.73 Å². The fourth-order valence-electron chi connectivity index (χ4n) is 0.865. The molecule has 4 N–H and O–H groups in total. The predicted octanol–water partition coefficient (Wildman–Crippen LogP) is 0.526. The maximum Gasteiger partial charge on any atom is 0.356 e. The van der Waals surface area contributed by atoms with Gasteiger partial charge in [0.15, 0.2) is 0 Å². The summed E-state index contributed by atoms with van der Waals surface area (Å²) in [5.74, 6) is 0. The Balaban J connectivity index is 0.00000144. The molecule has 6 heteroatoms. The SMILES string of the molecule is Br.NCc1cccc(P(=O)(O)O)c1. The Morgan fingerprint density at radius 2 is 2.00 bits per heavy atom. The molecule has 1 aromatic carbocycles. The standard InChI is InChI=1S/C7H10NO3P.BrH/c8-5-6-2-1-3-7(4-6)12(9,10)11;/h1-4H,5,8H2,(H2,9,10,11);1H. The van der Waals surface area contributed by atoms with E-state index in [1.807, 2.05) is 0 Å². The third-order valence-electron chi connectivity index (χ3n) is 1.48. The molecule has 1 aromatic rings. The molecule has 0 saturated heterocycles. The first-order valence-corrected chi connectivity index (χ1v) is 5.00. The highest BCUT2D eigenvalue weighted by atomic mass is 79.9. The molecule has 0 aliphatic rings. The van der Waals surface area contributed by atoms with Gasteiger partial charge in [-0.1, -0.05) is 12.1 Å². The maximum absolute atomic E-state index is 10.8. The van der Waals surface area contributed by atoms with E-state index in [0.717, 1.165) is 5.56 Å². The fraction of sp³-hybridized carbons (Fsp3) is 0.143. The zero-order valence-electron chi connectivity index (χ0n) is 6.75. The van der Waals surface area contributed by atoms with Crippen LogP contribution in [0, 0.1) is 0 Å². The van der Waals surface area contributed by atoms with Crippen molar-refractivity contribution < 1.29 is 14.4 Å². The van der Waals surface area contributed by atoms with E-state index in [2.05, 4.69) is 0 Å². The average molecular weight is 268 g/mol. The highest BCUT2D eigenvalue weighted by Crippen LogP contribution is 2.32. The van der Waals surface area contributed by atoms with E-state index >= 15 is 0 Å². The second kappa shape index (κ2) is 4.88. The largest absolute Gasteiger partial charge is 0.356 e. The summed E-state index contributed by atoms with van der Waals surface area (Å²) >= 11 is 0. The molecule has 0 spiro atoms. The van der Waals surface area contributed by atoms with Crippen LogP contribution in [0.5, 0.6) is 0 Å². The zero-order chi connectivity index (χ0) is 9.19. The molecule has 0 atom stereocenters. The van der Waals surface area contributed by atoms with E-state index in [-0.39, 0.29) is 28.8 Å². The predicted molar refractivity (Wildman–Crippen MR) is 56.3 cm³/mol. The number of hydrogen-bond donors (Lipinski definition) is 3. The second-order valence-corrected chi connectivity index (χ2v) is 4.02. The normalized spacial score (nSPS) is 10.7. The number of nitrogens with two attached hydrogens (primary N) is 1. The quantitative estimate of drug-likeness (QED) is 0.683. The van der Waals surface area contributed by atoms with Crippen LogP contribution in [0.2, 0.25) is 0 Å². The summed E-state index contributed by atoms with van der Waals surface area (Å²) in [6.45, 7) is 0.286. The van der Waals surface area contributed by atoms with Gasteiger partial charge in [0.05, 0.1) is 5.30 Å². The summed E-state index contributed by atoms with van der Waals surface area (Å²) in [6.07, 6.45) is 0. The lowest BCUT2D eigenvalue weighted by Gasteiger charge is -2.04. The molecule has 0 saturated carbocycles. The Hall–Kier alpha value is -0.190. The Bertz CT molecular complexity index is 325. The van der Waals surface area contributed by atoms with Crippen LogP contribution < -0.4 is 11.0 Å². The molecule has 0 amide bonds. The van der Waals surface area contributed by atoms with E-state index in [1.54, 1.807) is 12.1 Å². The Morgan fingerprint density at radius 1 is 1.38 bits per heavy atom. The summed E-state index contributed by atoms with van der Waals surface area (Å²) < 4.78 is 10.8. The maximum atomic E-state index is 10.8. The van der Waals surface area contributed by atoms with Gasteiger partial charge < -0.3 is 15.5 Å². The van der Waals surface area contributed by atoms with Gasteiger partial charge in [-0.15, -0.1) is 17.0 Å². The first-order chi connectivity index (χ1) is 5.54. The van der Waals surface area contributed by atoms with Crippen molar-refractivity contribution in [3.05, 3.63) is 29.8 Å². The van der Waals surface area contributed by atoms with Crippen LogP contribution >= 0.6 is 24.6 Å². The smallest absolute Gasteiger partial charge is 0.326 e. The molecule has 0 radical (unpaired) electrons. The Kier molecular flexibility index (Phi) is 4.81. The lowest BCUT2D eigenvalue weighted by atomic mass is 10.2. The molecule has 0 aliphatic heterocycles. The van der Waals surface area contributed by atoms with Crippen molar-refractivity contribution in [3.8, 4) is 0 Å². The highest BCUT2D eigenvalue weighted by Gasteiger charge is 2.16. The van der Waals surface area contributed by atoms with Crippen molar-refractivity contribution >= 4 is 29.9 Å². The first-order valence-electron chi connectivity index (χ1n) is 3.39. The summed E-state index contributed by atoms with van der Waals surface area (Å²) in [6, 6.07) is 6.11. The van der Waals surface area contributed by atoms with Crippen LogP contribution in [0.3, 0.4) is 0 Å². The third kappa shape index (κ3) is 3.58. The summed E-state index contributed by atoms with van der Waals surface area (Å²) in [5, 5.41) is 0.0189. The number of rotatable bonds is 2. The molecule has 0 heterocycles. The molecule has 0 bridgehead atoms. The van der Waals surface area contributed by atoms with Gasteiger partial charge in [0, 0.05) is 6.54 Å². The lowest BCUT2D eigenvalue weighted by Crippen LogP contribution is -2.06. The molecule has 0 fully saturated rings. The van der Waals surface area contributed by atoms with Crippen molar-refractivity contribution in [3.63, 3.8) is 0 Å². The number of benzene rings is 1. The zero-order valence-corrected chi connectivity index (χ0v) is 9.36. The average Bonchev–Trinajstić information content (AvgIpc) is 2.03. The molecule has 0 unspecified atom stereocenters. The fourth-order valence-corrected chi connectivity index (χ4v) is 1.48. The highest BCUT2D eigenvalue weighted by molar-refractivity contribution is 8.93. The second-order valence-electron chi connectivity index (χ2n) is 2.42. The van der Waals surface area contributed by atoms with Gasteiger partial charge in [0.2, 0.25) is 0 Å². The van der Waals surface area contributed by atoms with Gasteiger partial charge in [-0.05, 0) is 17.7 Å². The molecule has 74 valence electrons. The topological polar surface area (TPSA) is 83.6 Å². The van der Waals surface area contributed by atoms with Crippen molar-refractivity contribution in [1.29, 1.82) is 0 Å². The van der Waals surface area contributed by atoms with Crippen LogP contribution in [-0.4, -0.2) is 9.79 Å². The molecular weight excluding hydrogens is 257 g/mol. The van der Waals surface area contributed by atoms with Crippen LogP contribution in [0.4, 0.5) is 0 Å². The molecule has 0 aliphatic carbocycles. The molecular formula is C7H11BrNO3P. The van der Waals surface area contributed by atoms with Gasteiger partial charge in [-0.3, -0.25) is 4.57 Å². The minimum absolute atomic E-state index is 0. The van der Waals surface area contributed by atoms with Gasteiger partial charge in [0.1, 0.15) is 0 Å². The summed E-state index contributed by atoms with van der Waals surface area (Å²) in [7, 11) is -4.11. The van der Waals surface area contributed by atoms with Gasteiger partial charge in [0.25, 0.3) is 0 Å². The van der Waals surface area contributed by atoms with Gasteiger partial charge in [-0.2, -0.15) is 0 Å². The van der Waals surface area contributed by atoms with Crippen LogP contribution in [0.15, 0.2) is 24.3 Å². The molecule has 0 aromatic heterocycles. The molecule has 4 nitrogen and oxygen atoms in total. The number of halogens is 1. The van der Waals surface area contributed by atoms with Gasteiger partial charge in [-0.25, -0.2) is 0 Å². The summed E-state index contributed by atoms with van der Waals surface area (Å²) in [5.41, 5.74) is 6.03. The third-order valence-corrected chi connectivity index (χ3v) is 2.43. The van der Waals surface area contributed by atoms with E-state index in [4.69, 9.17) is 15.5 Å². The van der Waals surface area contributed by atoms with Crippen LogP contribution in [-0.2, 0) is 11.1 Å². The first kappa shape index (κ1) is 12.8. The van der Waals surface area contributed by atoms with Crippen LogP contribution in [0.25, 0.3) is 0 Å². The van der Waals surface area contributed by atoms with E-state index in [9.17, 15) is 4.57 Å². The van der Waals surface area contributed by atoms with Gasteiger partial charge >= 0.3 is 7.60 Å². The minimum Gasteiger partial charge on any atom is -0.326 e. The Morgan fingerprint density at radius 3 is 2.46 bits per heavy atom. The Labute approximate surface area is 86.7 Å². The van der Waals surface area contributed by atoms with E-state index < -0.39 is 7.60 Å². The van der Waals surface area contributed by atoms with E-state index in [1.165, 1.54) is 12.1 Å². The van der Waals surface area contributed by atoms with Crippen LogP contribution in [0.1, 0.15) is 5.56 Å². The monoisotopic (exact) mass is 267 g/mol. The van der Waals surface area contributed by atoms with Crippen molar-refractivity contribution in [1.82, 2.24) is 0 Å². The molecule has 1 rings (SSSR count). The lowest BCUT2D eigenvalue weighted by molar-refractivity contribution is 0.387.